The Bertz CT molecular complexity index is 139. The van der Waals surface area contributed by atoms with Crippen LogP contribution in [0.1, 0.15) is 65.7 Å². The van der Waals surface area contributed by atoms with Crippen LogP contribution in [0.15, 0.2) is 0 Å². The Morgan fingerprint density at radius 2 is 1.75 bits per heavy atom. The van der Waals surface area contributed by atoms with Gasteiger partial charge >= 0.3 is 0 Å². The molecule has 0 aromatic heterocycles. The molecule has 2 unspecified atom stereocenters. The van der Waals surface area contributed by atoms with E-state index in [2.05, 4.69) is 20.8 Å². The summed E-state index contributed by atoms with van der Waals surface area (Å²) in [5.41, 5.74) is 5.85. The topological polar surface area (TPSA) is 35.2 Å². The highest BCUT2D eigenvalue weighted by Gasteiger charge is 2.05. The SMILES string of the molecule is CCCCC(CC)COCCCC(N)CC. The summed E-state index contributed by atoms with van der Waals surface area (Å²) in [6, 6.07) is 0.366. The van der Waals surface area contributed by atoms with Crippen LogP contribution >= 0.6 is 0 Å². The van der Waals surface area contributed by atoms with Gasteiger partial charge in [0.15, 0.2) is 0 Å². The van der Waals surface area contributed by atoms with Gasteiger partial charge in [-0.25, -0.2) is 0 Å². The molecule has 0 aromatic rings. The van der Waals surface area contributed by atoms with E-state index < -0.39 is 0 Å². The fraction of sp³-hybridized carbons (Fsp3) is 1.00. The Hall–Kier alpha value is -0.0800. The lowest BCUT2D eigenvalue weighted by Crippen LogP contribution is -2.19. The van der Waals surface area contributed by atoms with Gasteiger partial charge in [0.25, 0.3) is 0 Å². The zero-order chi connectivity index (χ0) is 12.2. The molecule has 0 saturated carbocycles. The van der Waals surface area contributed by atoms with Gasteiger partial charge in [-0.2, -0.15) is 0 Å². The second-order valence-electron chi connectivity index (χ2n) is 4.80. The first-order valence-electron chi connectivity index (χ1n) is 7.07. The van der Waals surface area contributed by atoms with Crippen LogP contribution in [-0.4, -0.2) is 19.3 Å². The van der Waals surface area contributed by atoms with Crippen LogP contribution in [-0.2, 0) is 4.74 Å². The van der Waals surface area contributed by atoms with Crippen molar-refractivity contribution in [2.45, 2.75) is 71.8 Å². The minimum Gasteiger partial charge on any atom is -0.381 e. The molecular weight excluding hydrogens is 198 g/mol. The van der Waals surface area contributed by atoms with Gasteiger partial charge in [-0.15, -0.1) is 0 Å². The second kappa shape index (κ2) is 11.4. The third-order valence-electron chi connectivity index (χ3n) is 3.28. The van der Waals surface area contributed by atoms with E-state index in [0.29, 0.717) is 6.04 Å². The molecule has 0 aliphatic rings. The van der Waals surface area contributed by atoms with Crippen LogP contribution in [0.2, 0.25) is 0 Å². The summed E-state index contributed by atoms with van der Waals surface area (Å²) in [5.74, 6) is 0.764. The fourth-order valence-corrected chi connectivity index (χ4v) is 1.80. The number of ether oxygens (including phenoxy) is 1. The summed E-state index contributed by atoms with van der Waals surface area (Å²) in [5, 5.41) is 0. The standard InChI is InChI=1S/C14H31NO/c1-4-7-9-13(5-2)12-16-11-8-10-14(15)6-3/h13-14H,4-12,15H2,1-3H3. The van der Waals surface area contributed by atoms with Crippen molar-refractivity contribution in [2.75, 3.05) is 13.2 Å². The highest BCUT2D eigenvalue weighted by atomic mass is 16.5. The van der Waals surface area contributed by atoms with Crippen LogP contribution in [0.4, 0.5) is 0 Å². The number of unbranched alkanes of at least 4 members (excludes halogenated alkanes) is 1. The van der Waals surface area contributed by atoms with Crippen LogP contribution < -0.4 is 5.73 Å². The van der Waals surface area contributed by atoms with Crippen molar-refractivity contribution in [1.82, 2.24) is 0 Å². The Morgan fingerprint density at radius 3 is 2.31 bits per heavy atom. The molecular formula is C14H31NO. The molecule has 16 heavy (non-hydrogen) atoms. The molecule has 0 amide bonds. The van der Waals surface area contributed by atoms with Crippen LogP contribution in [0.25, 0.3) is 0 Å². The lowest BCUT2D eigenvalue weighted by Gasteiger charge is -2.15. The summed E-state index contributed by atoms with van der Waals surface area (Å²) in [6.45, 7) is 8.48. The fourth-order valence-electron chi connectivity index (χ4n) is 1.80. The van der Waals surface area contributed by atoms with Crippen molar-refractivity contribution in [2.24, 2.45) is 11.7 Å². The van der Waals surface area contributed by atoms with Gasteiger partial charge < -0.3 is 10.5 Å². The van der Waals surface area contributed by atoms with E-state index in [1.807, 2.05) is 0 Å². The first-order valence-corrected chi connectivity index (χ1v) is 7.07. The van der Waals surface area contributed by atoms with Gasteiger partial charge in [0.1, 0.15) is 0 Å². The van der Waals surface area contributed by atoms with Crippen molar-refractivity contribution in [3.05, 3.63) is 0 Å². The third kappa shape index (κ3) is 9.17. The third-order valence-corrected chi connectivity index (χ3v) is 3.28. The quantitative estimate of drug-likeness (QED) is 0.548. The summed E-state index contributed by atoms with van der Waals surface area (Å²) in [4.78, 5) is 0. The second-order valence-corrected chi connectivity index (χ2v) is 4.80. The smallest absolute Gasteiger partial charge is 0.0494 e. The summed E-state index contributed by atoms with van der Waals surface area (Å²) in [6.07, 6.45) is 8.48. The lowest BCUT2D eigenvalue weighted by atomic mass is 10.0. The molecule has 2 N–H and O–H groups in total. The van der Waals surface area contributed by atoms with Gasteiger partial charge in [0.2, 0.25) is 0 Å². The van der Waals surface area contributed by atoms with Crippen molar-refractivity contribution in [3.63, 3.8) is 0 Å². The number of hydrogen-bond acceptors (Lipinski definition) is 2. The predicted molar refractivity (Wildman–Crippen MR) is 71.6 cm³/mol. The zero-order valence-electron chi connectivity index (χ0n) is 11.5. The predicted octanol–water partition coefficient (Wildman–Crippen LogP) is 3.74. The molecule has 0 bridgehead atoms. The molecule has 0 rings (SSSR count). The van der Waals surface area contributed by atoms with Gasteiger partial charge in [0, 0.05) is 19.3 Å². The summed E-state index contributed by atoms with van der Waals surface area (Å²) in [7, 11) is 0. The van der Waals surface area contributed by atoms with Crippen molar-refractivity contribution in [1.29, 1.82) is 0 Å². The summed E-state index contributed by atoms with van der Waals surface area (Å²) < 4.78 is 5.72. The number of nitrogens with two attached hydrogens (primary N) is 1. The van der Waals surface area contributed by atoms with Gasteiger partial charge in [-0.3, -0.25) is 0 Å². The van der Waals surface area contributed by atoms with Gasteiger partial charge in [-0.1, -0.05) is 40.0 Å². The molecule has 2 nitrogen and oxygen atoms in total. The molecule has 0 aliphatic heterocycles. The molecule has 2 atom stereocenters. The van der Waals surface area contributed by atoms with E-state index >= 15 is 0 Å². The van der Waals surface area contributed by atoms with E-state index in [1.54, 1.807) is 0 Å². The molecule has 0 saturated heterocycles. The Morgan fingerprint density at radius 1 is 1.00 bits per heavy atom. The maximum Gasteiger partial charge on any atom is 0.0494 e. The number of hydrogen-bond donors (Lipinski definition) is 1. The van der Waals surface area contributed by atoms with Crippen LogP contribution in [0.5, 0.6) is 0 Å². The molecule has 0 heterocycles. The molecule has 98 valence electrons. The Balaban J connectivity index is 3.33. The average Bonchev–Trinajstić information content (AvgIpc) is 2.32. The monoisotopic (exact) mass is 229 g/mol. The van der Waals surface area contributed by atoms with Gasteiger partial charge in [0.05, 0.1) is 0 Å². The van der Waals surface area contributed by atoms with Crippen molar-refractivity contribution in [3.8, 4) is 0 Å². The van der Waals surface area contributed by atoms with Crippen molar-refractivity contribution < 1.29 is 4.74 Å². The Labute approximate surface area is 102 Å². The normalized spacial score (nSPS) is 15.0. The molecule has 0 radical (unpaired) electrons. The first kappa shape index (κ1) is 15.9. The molecule has 2 heteroatoms. The number of rotatable bonds is 11. The largest absolute Gasteiger partial charge is 0.381 e. The van der Waals surface area contributed by atoms with Crippen molar-refractivity contribution >= 4 is 0 Å². The molecule has 0 spiro atoms. The molecule has 0 aliphatic carbocycles. The highest BCUT2D eigenvalue weighted by Crippen LogP contribution is 2.13. The van der Waals surface area contributed by atoms with Gasteiger partial charge in [-0.05, 0) is 31.6 Å². The van der Waals surface area contributed by atoms with E-state index in [-0.39, 0.29) is 0 Å². The van der Waals surface area contributed by atoms with E-state index in [4.69, 9.17) is 10.5 Å². The Kier molecular flexibility index (Phi) is 11.3. The van der Waals surface area contributed by atoms with E-state index in [1.165, 1.54) is 25.7 Å². The molecule has 0 aromatic carbocycles. The maximum atomic E-state index is 5.85. The van der Waals surface area contributed by atoms with E-state index in [9.17, 15) is 0 Å². The van der Waals surface area contributed by atoms with Crippen LogP contribution in [0.3, 0.4) is 0 Å². The van der Waals surface area contributed by atoms with E-state index in [0.717, 1.165) is 38.4 Å². The van der Waals surface area contributed by atoms with Crippen LogP contribution in [0, 0.1) is 5.92 Å². The minimum atomic E-state index is 0.366. The molecule has 0 fully saturated rings. The summed E-state index contributed by atoms with van der Waals surface area (Å²) >= 11 is 0. The maximum absolute atomic E-state index is 5.85. The average molecular weight is 229 g/mol. The lowest BCUT2D eigenvalue weighted by molar-refractivity contribution is 0.0901. The first-order chi connectivity index (χ1) is 7.74. The minimum absolute atomic E-state index is 0.366. The highest BCUT2D eigenvalue weighted by molar-refractivity contribution is 4.59. The zero-order valence-corrected chi connectivity index (χ0v) is 11.5.